The topological polar surface area (TPSA) is 63.6 Å². The molecule has 0 aromatic rings. The summed E-state index contributed by atoms with van der Waals surface area (Å²) in [5.74, 6) is -2.09. The van der Waals surface area contributed by atoms with E-state index < -0.39 is 11.9 Å². The predicted octanol–water partition coefficient (Wildman–Crippen LogP) is 0.906. The minimum Gasteiger partial charge on any atom is -0.481 e. The molecule has 12 heavy (non-hydrogen) atoms. The van der Waals surface area contributed by atoms with Gasteiger partial charge in [-0.15, -0.1) is 0 Å². The lowest BCUT2D eigenvalue weighted by molar-refractivity contribution is -0.147. The van der Waals surface area contributed by atoms with E-state index in [1.807, 2.05) is 0 Å². The van der Waals surface area contributed by atoms with Crippen LogP contribution in [0, 0.1) is 11.8 Å². The highest BCUT2D eigenvalue weighted by Crippen LogP contribution is 2.12. The molecule has 4 nitrogen and oxygen atoms in total. The molecule has 1 N–H and O–H groups in total. The number of carboxylic acids is 1. The molecule has 0 saturated heterocycles. The van der Waals surface area contributed by atoms with Crippen LogP contribution in [-0.2, 0) is 14.3 Å². The van der Waals surface area contributed by atoms with E-state index in [-0.39, 0.29) is 11.9 Å². The summed E-state index contributed by atoms with van der Waals surface area (Å²) in [4.78, 5) is 21.2. The fourth-order valence-electron chi connectivity index (χ4n) is 0.929. The zero-order valence-corrected chi connectivity index (χ0v) is 7.53. The van der Waals surface area contributed by atoms with Crippen LogP contribution >= 0.6 is 0 Å². The number of hydrogen-bond donors (Lipinski definition) is 1. The number of esters is 1. The van der Waals surface area contributed by atoms with Crippen LogP contribution in [0.4, 0.5) is 0 Å². The molecular formula is C8H14O4. The summed E-state index contributed by atoms with van der Waals surface area (Å²) < 4.78 is 4.46. The zero-order valence-electron chi connectivity index (χ0n) is 7.53. The normalized spacial score (nSPS) is 14.9. The Morgan fingerprint density at radius 1 is 1.33 bits per heavy atom. The van der Waals surface area contributed by atoms with Crippen molar-refractivity contribution in [2.75, 3.05) is 7.11 Å². The molecular weight excluding hydrogens is 160 g/mol. The molecule has 0 aliphatic heterocycles. The van der Waals surface area contributed by atoms with E-state index in [2.05, 4.69) is 4.74 Å². The van der Waals surface area contributed by atoms with Gasteiger partial charge in [0.2, 0.25) is 0 Å². The van der Waals surface area contributed by atoms with Crippen LogP contribution in [0.15, 0.2) is 0 Å². The minimum absolute atomic E-state index is 0.321. The standard InChI is InChI=1S/C8H14O4/c1-5(7(9)10)4-6(2)8(11)12-3/h5-6H,4H2,1-3H3,(H,9,10)/t5-,6+/m1/s1. The van der Waals surface area contributed by atoms with Crippen LogP contribution in [0.5, 0.6) is 0 Å². The van der Waals surface area contributed by atoms with Crippen molar-refractivity contribution in [3.8, 4) is 0 Å². The first-order chi connectivity index (χ1) is 5.49. The van der Waals surface area contributed by atoms with Gasteiger partial charge in [-0.2, -0.15) is 0 Å². The van der Waals surface area contributed by atoms with Gasteiger partial charge in [-0.1, -0.05) is 13.8 Å². The van der Waals surface area contributed by atoms with Crippen LogP contribution in [0.3, 0.4) is 0 Å². The number of carbonyl (C=O) groups excluding carboxylic acids is 1. The maximum Gasteiger partial charge on any atom is 0.308 e. The lowest BCUT2D eigenvalue weighted by atomic mass is 9.98. The summed E-state index contributed by atoms with van der Waals surface area (Å²) in [6.07, 6.45) is 0.321. The maximum atomic E-state index is 10.9. The van der Waals surface area contributed by atoms with E-state index >= 15 is 0 Å². The lowest BCUT2D eigenvalue weighted by Gasteiger charge is -2.11. The van der Waals surface area contributed by atoms with E-state index in [9.17, 15) is 9.59 Å². The molecule has 0 aliphatic rings. The second-order valence-electron chi connectivity index (χ2n) is 2.90. The summed E-state index contributed by atoms with van der Waals surface area (Å²) in [5, 5.41) is 8.53. The second-order valence-corrected chi connectivity index (χ2v) is 2.90. The van der Waals surface area contributed by atoms with Crippen molar-refractivity contribution in [2.24, 2.45) is 11.8 Å². The van der Waals surface area contributed by atoms with Crippen LogP contribution in [-0.4, -0.2) is 24.2 Å². The molecule has 70 valence electrons. The number of methoxy groups -OCH3 is 1. The van der Waals surface area contributed by atoms with Crippen molar-refractivity contribution in [1.82, 2.24) is 0 Å². The molecule has 0 amide bonds. The van der Waals surface area contributed by atoms with Gasteiger partial charge < -0.3 is 9.84 Å². The Hall–Kier alpha value is -1.06. The van der Waals surface area contributed by atoms with Crippen LogP contribution in [0.2, 0.25) is 0 Å². The van der Waals surface area contributed by atoms with Gasteiger partial charge in [-0.05, 0) is 6.42 Å². The largest absolute Gasteiger partial charge is 0.481 e. The smallest absolute Gasteiger partial charge is 0.308 e. The van der Waals surface area contributed by atoms with Crippen molar-refractivity contribution in [3.63, 3.8) is 0 Å². The van der Waals surface area contributed by atoms with Crippen molar-refractivity contribution >= 4 is 11.9 Å². The average molecular weight is 174 g/mol. The Morgan fingerprint density at radius 2 is 1.83 bits per heavy atom. The van der Waals surface area contributed by atoms with Gasteiger partial charge in [0.1, 0.15) is 0 Å². The molecule has 0 bridgehead atoms. The fourth-order valence-corrected chi connectivity index (χ4v) is 0.929. The number of rotatable bonds is 4. The number of aliphatic carboxylic acids is 1. The zero-order chi connectivity index (χ0) is 9.72. The monoisotopic (exact) mass is 174 g/mol. The molecule has 0 rings (SSSR count). The third-order valence-electron chi connectivity index (χ3n) is 1.73. The Balaban J connectivity index is 3.91. The first kappa shape index (κ1) is 10.9. The van der Waals surface area contributed by atoms with E-state index in [0.717, 1.165) is 0 Å². The quantitative estimate of drug-likeness (QED) is 0.643. The molecule has 2 atom stereocenters. The number of carboxylic acid groups (broad SMARTS) is 1. The van der Waals surface area contributed by atoms with Crippen molar-refractivity contribution in [3.05, 3.63) is 0 Å². The van der Waals surface area contributed by atoms with Gasteiger partial charge in [0, 0.05) is 0 Å². The first-order valence-electron chi connectivity index (χ1n) is 3.79. The van der Waals surface area contributed by atoms with Crippen LogP contribution < -0.4 is 0 Å². The highest BCUT2D eigenvalue weighted by molar-refractivity contribution is 5.74. The van der Waals surface area contributed by atoms with Crippen molar-refractivity contribution in [1.29, 1.82) is 0 Å². The van der Waals surface area contributed by atoms with E-state index in [4.69, 9.17) is 5.11 Å². The third kappa shape index (κ3) is 3.37. The first-order valence-corrected chi connectivity index (χ1v) is 3.79. The Morgan fingerprint density at radius 3 is 2.17 bits per heavy atom. The molecule has 0 heterocycles. The number of ether oxygens (including phenoxy) is 1. The van der Waals surface area contributed by atoms with E-state index in [0.29, 0.717) is 6.42 Å². The van der Waals surface area contributed by atoms with Gasteiger partial charge in [-0.25, -0.2) is 0 Å². The minimum atomic E-state index is -0.884. The summed E-state index contributed by atoms with van der Waals surface area (Å²) in [6, 6.07) is 0. The van der Waals surface area contributed by atoms with Gasteiger partial charge >= 0.3 is 11.9 Å². The van der Waals surface area contributed by atoms with Gasteiger partial charge in [0.05, 0.1) is 18.9 Å². The Bertz CT molecular complexity index is 176. The van der Waals surface area contributed by atoms with E-state index in [1.165, 1.54) is 7.11 Å². The fraction of sp³-hybridized carbons (Fsp3) is 0.750. The predicted molar refractivity (Wildman–Crippen MR) is 42.6 cm³/mol. The number of carbonyl (C=O) groups is 2. The Kier molecular flexibility index (Phi) is 4.33. The highest BCUT2D eigenvalue weighted by Gasteiger charge is 2.20. The highest BCUT2D eigenvalue weighted by atomic mass is 16.5. The van der Waals surface area contributed by atoms with Crippen molar-refractivity contribution < 1.29 is 19.4 Å². The molecule has 0 saturated carbocycles. The van der Waals surface area contributed by atoms with Gasteiger partial charge in [0.25, 0.3) is 0 Å². The summed E-state index contributed by atoms with van der Waals surface area (Å²) in [5.41, 5.74) is 0. The van der Waals surface area contributed by atoms with Gasteiger partial charge in [0.15, 0.2) is 0 Å². The summed E-state index contributed by atoms with van der Waals surface area (Å²) in [6.45, 7) is 3.23. The maximum absolute atomic E-state index is 10.9. The number of hydrogen-bond acceptors (Lipinski definition) is 3. The van der Waals surface area contributed by atoms with Crippen LogP contribution in [0.1, 0.15) is 20.3 Å². The molecule has 0 aliphatic carbocycles. The summed E-state index contributed by atoms with van der Waals surface area (Å²) >= 11 is 0. The SMILES string of the molecule is COC(=O)[C@@H](C)C[C@@H](C)C(=O)O. The van der Waals surface area contributed by atoms with E-state index in [1.54, 1.807) is 13.8 Å². The molecule has 4 heteroatoms. The second kappa shape index (κ2) is 4.74. The average Bonchev–Trinajstić information content (AvgIpc) is 2.02. The molecule has 0 unspecified atom stereocenters. The van der Waals surface area contributed by atoms with Gasteiger partial charge in [-0.3, -0.25) is 9.59 Å². The molecule has 0 aromatic heterocycles. The third-order valence-corrected chi connectivity index (χ3v) is 1.73. The molecule has 0 aromatic carbocycles. The summed E-state index contributed by atoms with van der Waals surface area (Å²) in [7, 11) is 1.30. The van der Waals surface area contributed by atoms with Crippen LogP contribution in [0.25, 0.3) is 0 Å². The molecule has 0 radical (unpaired) electrons. The molecule has 0 fully saturated rings. The lowest BCUT2D eigenvalue weighted by Crippen LogP contribution is -2.19. The molecule has 0 spiro atoms. The van der Waals surface area contributed by atoms with Crippen molar-refractivity contribution in [2.45, 2.75) is 20.3 Å². The Labute approximate surface area is 71.5 Å².